The van der Waals surface area contributed by atoms with Gasteiger partial charge in [0, 0.05) is 12.6 Å². The summed E-state index contributed by atoms with van der Waals surface area (Å²) in [6.45, 7) is 1.19. The molecule has 6 heteroatoms. The number of para-hydroxylation sites is 1. The maximum atomic E-state index is 12.2. The number of amides is 2. The van der Waals surface area contributed by atoms with Gasteiger partial charge in [0.15, 0.2) is 0 Å². The van der Waals surface area contributed by atoms with E-state index in [1.807, 2.05) is 18.2 Å². The molecule has 2 N–H and O–H groups in total. The third-order valence-electron chi connectivity index (χ3n) is 5.49. The minimum Gasteiger partial charge on any atom is -0.485 e. The van der Waals surface area contributed by atoms with Crippen molar-refractivity contribution in [2.75, 3.05) is 13.2 Å². The van der Waals surface area contributed by atoms with E-state index < -0.39 is 0 Å². The second kappa shape index (κ2) is 6.67. The fourth-order valence-corrected chi connectivity index (χ4v) is 3.99. The van der Waals surface area contributed by atoms with Crippen molar-refractivity contribution in [3.8, 4) is 5.75 Å². The molecule has 0 radical (unpaired) electrons. The van der Waals surface area contributed by atoms with Crippen LogP contribution in [0.15, 0.2) is 24.3 Å². The summed E-state index contributed by atoms with van der Waals surface area (Å²) in [5.41, 5.74) is 0.209. The molecule has 2 aliphatic heterocycles. The largest absolute Gasteiger partial charge is 0.485 e. The topological polar surface area (TPSA) is 76.7 Å². The molecule has 0 bridgehead atoms. The average Bonchev–Trinajstić information content (AvgIpc) is 3.13. The molecule has 1 atom stereocenters. The van der Waals surface area contributed by atoms with E-state index in [4.69, 9.17) is 9.47 Å². The minimum atomic E-state index is -0.382. The molecule has 1 aromatic rings. The second-order valence-electron chi connectivity index (χ2n) is 7.25. The van der Waals surface area contributed by atoms with Crippen LogP contribution >= 0.6 is 0 Å². The molecule has 134 valence electrons. The van der Waals surface area contributed by atoms with Crippen LogP contribution in [0.1, 0.15) is 48.9 Å². The molecule has 0 unspecified atom stereocenters. The number of carbonyl (C=O) groups excluding carboxylic acids is 2. The summed E-state index contributed by atoms with van der Waals surface area (Å²) in [6.07, 6.45) is 4.78. The molecule has 1 spiro atoms. The zero-order valence-electron chi connectivity index (χ0n) is 14.3. The Morgan fingerprint density at radius 2 is 2.00 bits per heavy atom. The highest BCUT2D eigenvalue weighted by molar-refractivity contribution is 5.97. The summed E-state index contributed by atoms with van der Waals surface area (Å²) in [7, 11) is 0. The number of fused-ring (bicyclic) bond motifs is 1. The molecule has 3 aliphatic rings. The van der Waals surface area contributed by atoms with Gasteiger partial charge in [-0.1, -0.05) is 12.1 Å². The Bertz CT molecular complexity index is 661. The molecule has 25 heavy (non-hydrogen) atoms. The fraction of sp³-hybridized carbons (Fsp3) is 0.579. The molecule has 1 aromatic carbocycles. The van der Waals surface area contributed by atoms with E-state index in [0.29, 0.717) is 24.5 Å². The van der Waals surface area contributed by atoms with Crippen LogP contribution in [-0.4, -0.2) is 42.7 Å². The van der Waals surface area contributed by atoms with Crippen molar-refractivity contribution < 1.29 is 19.1 Å². The SMILES string of the molecule is O=C1NCC2(CCC(NC(=O)[C@@H]3CCCO3)CC2)Oc2ccccc21. The number of carbonyl (C=O) groups is 2. The minimum absolute atomic E-state index is 0.0129. The van der Waals surface area contributed by atoms with Gasteiger partial charge in [-0.3, -0.25) is 9.59 Å². The maximum absolute atomic E-state index is 12.2. The highest BCUT2D eigenvalue weighted by atomic mass is 16.5. The van der Waals surface area contributed by atoms with Crippen molar-refractivity contribution in [1.29, 1.82) is 0 Å². The second-order valence-corrected chi connectivity index (χ2v) is 7.25. The van der Waals surface area contributed by atoms with Gasteiger partial charge in [-0.05, 0) is 50.7 Å². The highest BCUT2D eigenvalue weighted by Crippen LogP contribution is 2.36. The summed E-state index contributed by atoms with van der Waals surface area (Å²) in [4.78, 5) is 24.4. The molecular weight excluding hydrogens is 320 g/mol. The molecule has 1 aliphatic carbocycles. The van der Waals surface area contributed by atoms with Crippen molar-refractivity contribution in [3.05, 3.63) is 29.8 Å². The lowest BCUT2D eigenvalue weighted by molar-refractivity contribution is -0.131. The van der Waals surface area contributed by atoms with Crippen LogP contribution in [0.3, 0.4) is 0 Å². The first-order valence-corrected chi connectivity index (χ1v) is 9.13. The molecule has 6 nitrogen and oxygen atoms in total. The molecule has 1 saturated carbocycles. The summed E-state index contributed by atoms with van der Waals surface area (Å²) in [5.74, 6) is 0.583. The Labute approximate surface area is 147 Å². The predicted molar refractivity (Wildman–Crippen MR) is 91.5 cm³/mol. The summed E-state index contributed by atoms with van der Waals surface area (Å²) < 4.78 is 11.7. The molecule has 1 saturated heterocycles. The molecule has 2 fully saturated rings. The molecular formula is C19H24N2O4. The van der Waals surface area contributed by atoms with E-state index in [-0.39, 0.29) is 29.6 Å². The third kappa shape index (κ3) is 3.35. The van der Waals surface area contributed by atoms with Gasteiger partial charge < -0.3 is 20.1 Å². The van der Waals surface area contributed by atoms with Gasteiger partial charge in [-0.2, -0.15) is 0 Å². The summed E-state index contributed by atoms with van der Waals surface area (Å²) in [5, 5.41) is 6.11. The standard InChI is InChI=1S/C19H24N2O4/c22-17-14-4-1-2-5-15(14)25-19(12-20-17)9-7-13(8-10-19)21-18(23)16-6-3-11-24-16/h1-2,4-5,13,16H,3,6-12H2,(H,20,22)(H,21,23)/t13?,16-,19?/m0/s1. The zero-order valence-corrected chi connectivity index (χ0v) is 14.3. The van der Waals surface area contributed by atoms with E-state index in [0.717, 1.165) is 38.5 Å². The average molecular weight is 344 g/mol. The monoisotopic (exact) mass is 344 g/mol. The summed E-state index contributed by atoms with van der Waals surface area (Å²) >= 11 is 0. The van der Waals surface area contributed by atoms with Crippen molar-refractivity contribution in [2.45, 2.75) is 56.3 Å². The molecule has 2 amide bonds. The van der Waals surface area contributed by atoms with E-state index in [1.54, 1.807) is 6.07 Å². The Morgan fingerprint density at radius 1 is 1.20 bits per heavy atom. The van der Waals surface area contributed by atoms with Gasteiger partial charge in [-0.15, -0.1) is 0 Å². The van der Waals surface area contributed by atoms with Crippen LogP contribution in [0.4, 0.5) is 0 Å². The number of benzene rings is 1. The van der Waals surface area contributed by atoms with Crippen molar-refractivity contribution in [2.24, 2.45) is 0 Å². The Hall–Kier alpha value is -2.08. The van der Waals surface area contributed by atoms with E-state index in [9.17, 15) is 9.59 Å². The van der Waals surface area contributed by atoms with E-state index >= 15 is 0 Å². The van der Waals surface area contributed by atoms with Crippen LogP contribution < -0.4 is 15.4 Å². The first-order valence-electron chi connectivity index (χ1n) is 9.13. The number of nitrogens with one attached hydrogen (secondary N) is 2. The lowest BCUT2D eigenvalue weighted by Crippen LogP contribution is -2.52. The normalized spacial score (nSPS) is 31.6. The number of ether oxygens (including phenoxy) is 2. The number of hydrogen-bond acceptors (Lipinski definition) is 4. The van der Waals surface area contributed by atoms with Gasteiger partial charge in [0.25, 0.3) is 5.91 Å². The number of hydrogen-bond donors (Lipinski definition) is 2. The zero-order chi connectivity index (χ0) is 17.3. The van der Waals surface area contributed by atoms with Gasteiger partial charge in [0.1, 0.15) is 17.5 Å². The molecule has 2 heterocycles. The van der Waals surface area contributed by atoms with E-state index in [1.165, 1.54) is 0 Å². The number of rotatable bonds is 2. The highest BCUT2D eigenvalue weighted by Gasteiger charge is 2.41. The third-order valence-corrected chi connectivity index (χ3v) is 5.49. The Balaban J connectivity index is 1.39. The first-order chi connectivity index (χ1) is 12.2. The fourth-order valence-electron chi connectivity index (χ4n) is 3.99. The van der Waals surface area contributed by atoms with Crippen LogP contribution in [-0.2, 0) is 9.53 Å². The van der Waals surface area contributed by atoms with Crippen molar-refractivity contribution in [1.82, 2.24) is 10.6 Å². The predicted octanol–water partition coefficient (Wildman–Crippen LogP) is 1.79. The van der Waals surface area contributed by atoms with Gasteiger partial charge in [-0.25, -0.2) is 0 Å². The first kappa shape index (κ1) is 16.4. The van der Waals surface area contributed by atoms with Crippen molar-refractivity contribution in [3.63, 3.8) is 0 Å². The maximum Gasteiger partial charge on any atom is 0.255 e. The van der Waals surface area contributed by atoms with E-state index in [2.05, 4.69) is 10.6 Å². The molecule has 0 aromatic heterocycles. The molecule has 4 rings (SSSR count). The Morgan fingerprint density at radius 3 is 2.76 bits per heavy atom. The van der Waals surface area contributed by atoms with Crippen LogP contribution in [0.25, 0.3) is 0 Å². The van der Waals surface area contributed by atoms with Crippen LogP contribution in [0.5, 0.6) is 5.75 Å². The van der Waals surface area contributed by atoms with Crippen LogP contribution in [0.2, 0.25) is 0 Å². The summed E-state index contributed by atoms with van der Waals surface area (Å²) in [6, 6.07) is 7.53. The van der Waals surface area contributed by atoms with Crippen LogP contribution in [0, 0.1) is 0 Å². The van der Waals surface area contributed by atoms with Gasteiger partial charge >= 0.3 is 0 Å². The smallest absolute Gasteiger partial charge is 0.255 e. The van der Waals surface area contributed by atoms with Crippen molar-refractivity contribution >= 4 is 11.8 Å². The quantitative estimate of drug-likeness (QED) is 0.857. The lowest BCUT2D eigenvalue weighted by atomic mass is 9.81. The van der Waals surface area contributed by atoms with Gasteiger partial charge in [0.05, 0.1) is 12.1 Å². The lowest BCUT2D eigenvalue weighted by Gasteiger charge is -2.39. The Kier molecular flexibility index (Phi) is 4.37. The van der Waals surface area contributed by atoms with Gasteiger partial charge in [0.2, 0.25) is 5.91 Å².